The number of aliphatic hydroxyl groups excluding tert-OH is 1. The van der Waals surface area contributed by atoms with Crippen LogP contribution in [0.2, 0.25) is 0 Å². The molecule has 1 heterocycles. The van der Waals surface area contributed by atoms with Gasteiger partial charge in [0.25, 0.3) is 0 Å². The number of nitrogens with one attached hydrogen (secondary N) is 1. The topological polar surface area (TPSA) is 83.4 Å². The van der Waals surface area contributed by atoms with Crippen molar-refractivity contribution in [3.8, 4) is 5.75 Å². The number of carbonyl (C=O) groups is 1. The Labute approximate surface area is 159 Å². The number of halogens is 1. The van der Waals surface area contributed by atoms with Crippen LogP contribution in [0.3, 0.4) is 0 Å². The largest absolute Gasteiger partial charge is 0.491 e. The number of hydrogen-bond acceptors (Lipinski definition) is 5. The Kier molecular flexibility index (Phi) is 8.32. The van der Waals surface area contributed by atoms with E-state index in [1.165, 1.54) is 31.4 Å². The van der Waals surface area contributed by atoms with E-state index in [0.717, 1.165) is 0 Å². The number of hydrogen-bond donors (Lipinski definition) is 2. The number of benzene rings is 1. The first-order valence-electron chi connectivity index (χ1n) is 9.21. The highest BCUT2D eigenvalue weighted by Gasteiger charge is 2.27. The fraction of sp³-hybridized carbons (Fsp3) is 0.579. The minimum absolute atomic E-state index is 0.0659. The van der Waals surface area contributed by atoms with Gasteiger partial charge in [0.1, 0.15) is 24.3 Å². The Bertz CT molecular complexity index is 616. The molecule has 0 amide bonds. The molecular weight excluding hydrogens is 353 g/mol. The number of guanidine groups is 1. The van der Waals surface area contributed by atoms with Gasteiger partial charge in [-0.2, -0.15) is 0 Å². The zero-order valence-electron chi connectivity index (χ0n) is 15.9. The summed E-state index contributed by atoms with van der Waals surface area (Å²) in [5, 5.41) is 13.3. The van der Waals surface area contributed by atoms with Crippen LogP contribution in [0.4, 0.5) is 4.39 Å². The van der Waals surface area contributed by atoms with Gasteiger partial charge in [-0.05, 0) is 44.0 Å². The molecule has 1 unspecified atom stereocenters. The Morgan fingerprint density at radius 1 is 1.37 bits per heavy atom. The zero-order chi connectivity index (χ0) is 19.6. The molecule has 1 aromatic carbocycles. The number of aliphatic imine (C=N–C) groups is 1. The minimum Gasteiger partial charge on any atom is -0.491 e. The van der Waals surface area contributed by atoms with Crippen LogP contribution in [0.5, 0.6) is 5.75 Å². The fourth-order valence-electron chi connectivity index (χ4n) is 2.89. The second-order valence-corrected chi connectivity index (χ2v) is 6.40. The van der Waals surface area contributed by atoms with Crippen molar-refractivity contribution in [2.45, 2.75) is 25.9 Å². The van der Waals surface area contributed by atoms with Gasteiger partial charge >= 0.3 is 5.97 Å². The summed E-state index contributed by atoms with van der Waals surface area (Å²) < 4.78 is 23.1. The van der Waals surface area contributed by atoms with Crippen molar-refractivity contribution < 1.29 is 23.8 Å². The molecule has 1 aliphatic rings. The van der Waals surface area contributed by atoms with E-state index in [2.05, 4.69) is 15.2 Å². The normalized spacial score (nSPS) is 16.7. The van der Waals surface area contributed by atoms with E-state index in [1.807, 2.05) is 6.92 Å². The highest BCUT2D eigenvalue weighted by atomic mass is 19.1. The molecule has 1 aromatic rings. The van der Waals surface area contributed by atoms with Crippen LogP contribution in [-0.2, 0) is 9.53 Å². The van der Waals surface area contributed by atoms with Gasteiger partial charge in [-0.15, -0.1) is 0 Å². The van der Waals surface area contributed by atoms with Crippen molar-refractivity contribution in [3.63, 3.8) is 0 Å². The van der Waals surface area contributed by atoms with Crippen LogP contribution in [-0.4, -0.2) is 67.9 Å². The monoisotopic (exact) mass is 381 g/mol. The summed E-state index contributed by atoms with van der Waals surface area (Å²) in [4.78, 5) is 18.2. The lowest BCUT2D eigenvalue weighted by Crippen LogP contribution is -2.47. The maximum atomic E-state index is 12.9. The van der Waals surface area contributed by atoms with E-state index in [-0.39, 0.29) is 30.9 Å². The average molecular weight is 381 g/mol. The van der Waals surface area contributed by atoms with Gasteiger partial charge in [0.15, 0.2) is 5.96 Å². The molecule has 0 spiro atoms. The summed E-state index contributed by atoms with van der Waals surface area (Å²) in [5.74, 6) is 0.644. The number of ether oxygens (including phenoxy) is 2. The third kappa shape index (κ3) is 6.71. The molecule has 150 valence electrons. The van der Waals surface area contributed by atoms with Crippen molar-refractivity contribution in [3.05, 3.63) is 30.1 Å². The average Bonchev–Trinajstić information content (AvgIpc) is 2.70. The summed E-state index contributed by atoms with van der Waals surface area (Å²) >= 11 is 0. The van der Waals surface area contributed by atoms with E-state index >= 15 is 0 Å². The van der Waals surface area contributed by atoms with Gasteiger partial charge in [-0.1, -0.05) is 0 Å². The van der Waals surface area contributed by atoms with Crippen molar-refractivity contribution in [1.82, 2.24) is 10.2 Å². The smallest absolute Gasteiger partial charge is 0.308 e. The van der Waals surface area contributed by atoms with E-state index < -0.39 is 6.10 Å². The molecule has 0 saturated carbocycles. The standard InChI is InChI=1S/C19H28FN3O4/c1-3-21-19(23-10-8-14(9-11-23)18(25)26-2)22-12-16(24)13-27-17-6-4-15(20)5-7-17/h4-7,14,16,24H,3,8-13H2,1-2H3,(H,21,22). The zero-order valence-corrected chi connectivity index (χ0v) is 15.9. The van der Waals surface area contributed by atoms with Crippen LogP contribution in [0.15, 0.2) is 29.3 Å². The molecule has 1 atom stereocenters. The molecule has 7 nitrogen and oxygen atoms in total. The van der Waals surface area contributed by atoms with Gasteiger partial charge in [-0.3, -0.25) is 9.79 Å². The summed E-state index contributed by atoms with van der Waals surface area (Å²) in [6.07, 6.45) is 0.650. The Morgan fingerprint density at radius 2 is 2.04 bits per heavy atom. The third-order valence-electron chi connectivity index (χ3n) is 4.37. The lowest BCUT2D eigenvalue weighted by atomic mass is 9.97. The fourth-order valence-corrected chi connectivity index (χ4v) is 2.89. The van der Waals surface area contributed by atoms with E-state index in [0.29, 0.717) is 44.2 Å². The Balaban J connectivity index is 1.83. The molecule has 2 N–H and O–H groups in total. The number of aliphatic hydroxyl groups is 1. The number of nitrogens with zero attached hydrogens (tertiary/aromatic N) is 2. The highest BCUT2D eigenvalue weighted by molar-refractivity contribution is 5.80. The second-order valence-electron chi connectivity index (χ2n) is 6.40. The van der Waals surface area contributed by atoms with Crippen molar-refractivity contribution in [1.29, 1.82) is 0 Å². The van der Waals surface area contributed by atoms with Gasteiger partial charge in [0, 0.05) is 19.6 Å². The van der Waals surface area contributed by atoms with Crippen LogP contribution in [0.25, 0.3) is 0 Å². The highest BCUT2D eigenvalue weighted by Crippen LogP contribution is 2.18. The molecule has 0 aromatic heterocycles. The molecule has 0 bridgehead atoms. The molecule has 0 radical (unpaired) electrons. The molecule has 8 heteroatoms. The molecule has 27 heavy (non-hydrogen) atoms. The summed E-state index contributed by atoms with van der Waals surface area (Å²) in [5.41, 5.74) is 0. The first-order chi connectivity index (χ1) is 13.0. The van der Waals surface area contributed by atoms with Gasteiger partial charge in [0.2, 0.25) is 0 Å². The predicted octanol–water partition coefficient (Wildman–Crippen LogP) is 1.42. The van der Waals surface area contributed by atoms with Crippen molar-refractivity contribution in [2.24, 2.45) is 10.9 Å². The third-order valence-corrected chi connectivity index (χ3v) is 4.37. The number of rotatable bonds is 7. The van der Waals surface area contributed by atoms with Gasteiger partial charge in [-0.25, -0.2) is 4.39 Å². The van der Waals surface area contributed by atoms with Crippen LogP contribution >= 0.6 is 0 Å². The van der Waals surface area contributed by atoms with Crippen LogP contribution < -0.4 is 10.1 Å². The number of carbonyl (C=O) groups excluding carboxylic acids is 1. The van der Waals surface area contributed by atoms with E-state index in [9.17, 15) is 14.3 Å². The SMILES string of the molecule is CCNC(=NCC(O)COc1ccc(F)cc1)N1CCC(C(=O)OC)CC1. The summed E-state index contributed by atoms with van der Waals surface area (Å²) in [6, 6.07) is 5.64. The van der Waals surface area contributed by atoms with Crippen LogP contribution in [0, 0.1) is 11.7 Å². The van der Waals surface area contributed by atoms with E-state index in [4.69, 9.17) is 9.47 Å². The number of likely N-dealkylation sites (tertiary alicyclic amines) is 1. The number of piperidine rings is 1. The second kappa shape index (κ2) is 10.7. The molecule has 2 rings (SSSR count). The number of methoxy groups -OCH3 is 1. The summed E-state index contributed by atoms with van der Waals surface area (Å²) in [7, 11) is 1.41. The van der Waals surface area contributed by atoms with Crippen molar-refractivity contribution in [2.75, 3.05) is 39.9 Å². The maximum absolute atomic E-state index is 12.9. The first kappa shape index (κ1) is 21.0. The van der Waals surface area contributed by atoms with Gasteiger partial charge in [0.05, 0.1) is 19.6 Å². The van der Waals surface area contributed by atoms with Crippen LogP contribution in [0.1, 0.15) is 19.8 Å². The predicted molar refractivity (Wildman–Crippen MR) is 100 cm³/mol. The Morgan fingerprint density at radius 3 is 2.63 bits per heavy atom. The molecule has 1 aliphatic heterocycles. The lowest BCUT2D eigenvalue weighted by Gasteiger charge is -2.33. The molecule has 0 aliphatic carbocycles. The van der Waals surface area contributed by atoms with Gasteiger partial charge < -0.3 is 24.8 Å². The van der Waals surface area contributed by atoms with Crippen molar-refractivity contribution >= 4 is 11.9 Å². The first-order valence-corrected chi connectivity index (χ1v) is 9.21. The minimum atomic E-state index is -0.781. The quantitative estimate of drug-likeness (QED) is 0.422. The lowest BCUT2D eigenvalue weighted by molar-refractivity contribution is -0.146. The molecule has 1 fully saturated rings. The molecular formula is C19H28FN3O4. The maximum Gasteiger partial charge on any atom is 0.308 e. The van der Waals surface area contributed by atoms with E-state index in [1.54, 1.807) is 0 Å². The molecule has 1 saturated heterocycles. The Hall–Kier alpha value is -2.35. The summed E-state index contributed by atoms with van der Waals surface area (Å²) in [6.45, 7) is 4.34. The number of esters is 1.